The third-order valence-electron chi connectivity index (χ3n) is 2.75. The molecule has 1 aromatic heterocycles. The van der Waals surface area contributed by atoms with Gasteiger partial charge in [-0.25, -0.2) is 5.01 Å². The molecular formula is C10H15IN4O. The molecule has 2 N–H and O–H groups in total. The second-order valence-corrected chi connectivity index (χ2v) is 5.02. The van der Waals surface area contributed by atoms with Crippen LogP contribution < -0.4 is 5.43 Å². The first-order valence-electron chi connectivity index (χ1n) is 5.45. The number of hydrazine groups is 1. The van der Waals surface area contributed by atoms with Gasteiger partial charge in [-0.15, -0.1) is 0 Å². The fourth-order valence-electron chi connectivity index (χ4n) is 1.87. The van der Waals surface area contributed by atoms with Crippen molar-refractivity contribution in [3.05, 3.63) is 15.0 Å². The van der Waals surface area contributed by atoms with E-state index in [1.54, 1.807) is 0 Å². The van der Waals surface area contributed by atoms with Crippen molar-refractivity contribution in [1.82, 2.24) is 20.6 Å². The molecule has 0 aliphatic carbocycles. The summed E-state index contributed by atoms with van der Waals surface area (Å²) < 4.78 is 0.726. The number of rotatable bonds is 2. The van der Waals surface area contributed by atoms with E-state index in [1.165, 1.54) is 6.42 Å². The van der Waals surface area contributed by atoms with Gasteiger partial charge >= 0.3 is 0 Å². The molecule has 16 heavy (non-hydrogen) atoms. The molecule has 6 heteroatoms. The predicted octanol–water partition coefficient (Wildman–Crippen LogP) is 1.45. The van der Waals surface area contributed by atoms with Gasteiger partial charge < -0.3 is 0 Å². The maximum Gasteiger partial charge on any atom is 0.270 e. The van der Waals surface area contributed by atoms with Crippen LogP contribution in [0.25, 0.3) is 0 Å². The molecule has 0 spiro atoms. The molecule has 5 nitrogen and oxygen atoms in total. The highest BCUT2D eigenvalue weighted by atomic mass is 127. The molecule has 88 valence electrons. The SMILES string of the molecule is Cc1[nH]nc(I)c1C(=O)NN1CCCCC1. The Morgan fingerprint density at radius 1 is 1.44 bits per heavy atom. The van der Waals surface area contributed by atoms with Crippen molar-refractivity contribution in [3.8, 4) is 0 Å². The molecule has 0 radical (unpaired) electrons. The average Bonchev–Trinajstić information content (AvgIpc) is 2.60. The highest BCUT2D eigenvalue weighted by Crippen LogP contribution is 2.13. The van der Waals surface area contributed by atoms with Crippen LogP contribution in [-0.4, -0.2) is 34.2 Å². The number of aromatic nitrogens is 2. The van der Waals surface area contributed by atoms with Crippen molar-refractivity contribution in [2.45, 2.75) is 26.2 Å². The zero-order valence-electron chi connectivity index (χ0n) is 9.22. The van der Waals surface area contributed by atoms with E-state index in [0.717, 1.165) is 35.3 Å². The van der Waals surface area contributed by atoms with E-state index in [-0.39, 0.29) is 5.91 Å². The maximum absolute atomic E-state index is 12.0. The van der Waals surface area contributed by atoms with Gasteiger partial charge in [-0.2, -0.15) is 5.10 Å². The van der Waals surface area contributed by atoms with Crippen molar-refractivity contribution in [3.63, 3.8) is 0 Å². The van der Waals surface area contributed by atoms with Gasteiger partial charge in [0.25, 0.3) is 5.91 Å². The quantitative estimate of drug-likeness (QED) is 0.805. The van der Waals surface area contributed by atoms with Crippen LogP contribution in [0.5, 0.6) is 0 Å². The number of hydrogen-bond acceptors (Lipinski definition) is 3. The minimum absolute atomic E-state index is 0.0578. The Morgan fingerprint density at radius 3 is 2.69 bits per heavy atom. The van der Waals surface area contributed by atoms with Crippen LogP contribution in [0.4, 0.5) is 0 Å². The molecule has 1 aliphatic heterocycles. The molecule has 1 aliphatic rings. The number of nitrogens with zero attached hydrogens (tertiary/aromatic N) is 2. The minimum atomic E-state index is -0.0578. The lowest BCUT2D eigenvalue weighted by atomic mass is 10.2. The second kappa shape index (κ2) is 5.13. The van der Waals surface area contributed by atoms with Crippen molar-refractivity contribution < 1.29 is 4.79 Å². The number of amides is 1. The van der Waals surface area contributed by atoms with E-state index in [4.69, 9.17) is 0 Å². The van der Waals surface area contributed by atoms with Crippen LogP contribution in [0, 0.1) is 10.6 Å². The Hall–Kier alpha value is -0.630. The fraction of sp³-hybridized carbons (Fsp3) is 0.600. The summed E-state index contributed by atoms with van der Waals surface area (Å²) in [5.41, 5.74) is 4.41. The number of hydrogen-bond donors (Lipinski definition) is 2. The second-order valence-electron chi connectivity index (χ2n) is 4.00. The molecular weight excluding hydrogens is 319 g/mol. The van der Waals surface area contributed by atoms with Gasteiger partial charge in [0.1, 0.15) is 3.70 Å². The normalized spacial score (nSPS) is 17.4. The van der Waals surface area contributed by atoms with E-state index in [9.17, 15) is 4.79 Å². The smallest absolute Gasteiger partial charge is 0.270 e. The Kier molecular flexibility index (Phi) is 3.80. The van der Waals surface area contributed by atoms with Crippen LogP contribution >= 0.6 is 22.6 Å². The van der Waals surface area contributed by atoms with Crippen LogP contribution in [-0.2, 0) is 0 Å². The summed E-state index contributed by atoms with van der Waals surface area (Å²) in [7, 11) is 0. The number of piperidine rings is 1. The third kappa shape index (κ3) is 2.54. The van der Waals surface area contributed by atoms with Crippen LogP contribution in [0.15, 0.2) is 0 Å². The number of carbonyl (C=O) groups is 1. The number of carbonyl (C=O) groups excluding carboxylic acids is 1. The Balaban J connectivity index is 2.02. The Labute approximate surface area is 108 Å². The van der Waals surface area contributed by atoms with E-state index in [2.05, 4.69) is 38.2 Å². The largest absolute Gasteiger partial charge is 0.285 e. The molecule has 1 amide bonds. The number of halogens is 1. The number of nitrogens with one attached hydrogen (secondary N) is 2. The van der Waals surface area contributed by atoms with E-state index in [0.29, 0.717) is 5.56 Å². The highest BCUT2D eigenvalue weighted by Gasteiger charge is 2.19. The number of aromatic amines is 1. The fourth-order valence-corrected chi connectivity index (χ4v) is 2.64. The number of aryl methyl sites for hydroxylation is 1. The third-order valence-corrected chi connectivity index (χ3v) is 3.53. The molecule has 1 aromatic rings. The van der Waals surface area contributed by atoms with Crippen LogP contribution in [0.2, 0.25) is 0 Å². The molecule has 2 rings (SSSR count). The molecule has 0 atom stereocenters. The van der Waals surface area contributed by atoms with Crippen molar-refractivity contribution in [2.75, 3.05) is 13.1 Å². The molecule has 1 saturated heterocycles. The molecule has 1 fully saturated rings. The predicted molar refractivity (Wildman–Crippen MR) is 68.9 cm³/mol. The zero-order chi connectivity index (χ0) is 11.5. The van der Waals surface area contributed by atoms with Gasteiger partial charge in [-0.3, -0.25) is 15.3 Å². The Bertz CT molecular complexity index is 365. The lowest BCUT2D eigenvalue weighted by Crippen LogP contribution is -2.45. The van der Waals surface area contributed by atoms with Crippen molar-refractivity contribution in [1.29, 1.82) is 0 Å². The minimum Gasteiger partial charge on any atom is -0.285 e. The van der Waals surface area contributed by atoms with Gasteiger partial charge in [0.2, 0.25) is 0 Å². The lowest BCUT2D eigenvalue weighted by Gasteiger charge is -2.26. The summed E-state index contributed by atoms with van der Waals surface area (Å²) in [6.45, 7) is 3.75. The molecule has 0 aromatic carbocycles. The molecule has 2 heterocycles. The van der Waals surface area contributed by atoms with Crippen molar-refractivity contribution >= 4 is 28.5 Å². The molecule has 0 unspecified atom stereocenters. The van der Waals surface area contributed by atoms with E-state index >= 15 is 0 Å². The summed E-state index contributed by atoms with van der Waals surface area (Å²) in [5, 5.41) is 8.83. The number of H-pyrrole nitrogens is 1. The Morgan fingerprint density at radius 2 is 2.12 bits per heavy atom. The van der Waals surface area contributed by atoms with Crippen LogP contribution in [0.3, 0.4) is 0 Å². The van der Waals surface area contributed by atoms with Crippen molar-refractivity contribution in [2.24, 2.45) is 0 Å². The van der Waals surface area contributed by atoms with Gasteiger partial charge in [0.15, 0.2) is 0 Å². The van der Waals surface area contributed by atoms with Gasteiger partial charge in [-0.05, 0) is 42.4 Å². The van der Waals surface area contributed by atoms with E-state index in [1.807, 2.05) is 11.9 Å². The van der Waals surface area contributed by atoms with E-state index < -0.39 is 0 Å². The first-order chi connectivity index (χ1) is 7.68. The lowest BCUT2D eigenvalue weighted by molar-refractivity contribution is 0.0748. The summed E-state index contributed by atoms with van der Waals surface area (Å²) in [4.78, 5) is 12.0. The zero-order valence-corrected chi connectivity index (χ0v) is 11.4. The van der Waals surface area contributed by atoms with Gasteiger partial charge in [-0.1, -0.05) is 6.42 Å². The standard InChI is InChI=1S/C10H15IN4O/c1-7-8(9(11)13-12-7)10(16)14-15-5-3-2-4-6-15/h2-6H2,1H3,(H,12,13)(H,14,16). The van der Waals surface area contributed by atoms with Gasteiger partial charge in [0, 0.05) is 18.8 Å². The molecule has 0 saturated carbocycles. The monoisotopic (exact) mass is 334 g/mol. The summed E-state index contributed by atoms with van der Waals surface area (Å²) in [6, 6.07) is 0. The first-order valence-corrected chi connectivity index (χ1v) is 6.53. The topological polar surface area (TPSA) is 61.0 Å². The molecule has 0 bridgehead atoms. The highest BCUT2D eigenvalue weighted by molar-refractivity contribution is 14.1. The maximum atomic E-state index is 12.0. The first kappa shape index (κ1) is 11.8. The summed E-state index contributed by atoms with van der Waals surface area (Å²) in [6.07, 6.45) is 3.57. The summed E-state index contributed by atoms with van der Waals surface area (Å²) in [5.74, 6) is -0.0578. The van der Waals surface area contributed by atoms with Crippen LogP contribution in [0.1, 0.15) is 35.3 Å². The summed E-state index contributed by atoms with van der Waals surface area (Å²) >= 11 is 2.07. The van der Waals surface area contributed by atoms with Gasteiger partial charge in [0.05, 0.1) is 5.56 Å². The average molecular weight is 334 g/mol.